The number of primary amides is 1. The van der Waals surface area contributed by atoms with E-state index in [1.807, 2.05) is 30.5 Å². The molecule has 3 N–H and O–H groups in total. The lowest BCUT2D eigenvalue weighted by atomic mass is 10.2. The molecular weight excluding hydrogens is 382 g/mol. The number of amides is 2. The van der Waals surface area contributed by atoms with Crippen LogP contribution in [0.4, 0.5) is 4.79 Å². The number of morpholine rings is 1. The minimum absolute atomic E-state index is 0.241. The third-order valence-electron chi connectivity index (χ3n) is 4.53. The second-order valence-electron chi connectivity index (χ2n) is 6.41. The lowest BCUT2D eigenvalue weighted by Gasteiger charge is -2.26. The molecular formula is C18H23N5O4S. The van der Waals surface area contributed by atoms with Crippen LogP contribution in [0.3, 0.4) is 0 Å². The largest absolute Gasteiger partial charge is 0.379 e. The Kier molecular flexibility index (Phi) is 5.82. The van der Waals surface area contributed by atoms with Crippen LogP contribution in [0, 0.1) is 13.8 Å². The molecule has 1 aromatic heterocycles. The van der Waals surface area contributed by atoms with Gasteiger partial charge in [0.1, 0.15) is 0 Å². The molecule has 9 nitrogen and oxygen atoms in total. The fraction of sp³-hybridized carbons (Fsp3) is 0.333. The summed E-state index contributed by atoms with van der Waals surface area (Å²) >= 11 is 0. The van der Waals surface area contributed by atoms with Gasteiger partial charge in [0.05, 0.1) is 24.3 Å². The van der Waals surface area contributed by atoms with E-state index in [-0.39, 0.29) is 4.90 Å². The molecule has 0 aliphatic carbocycles. The zero-order valence-electron chi connectivity index (χ0n) is 15.8. The van der Waals surface area contributed by atoms with E-state index in [1.54, 1.807) is 18.2 Å². The summed E-state index contributed by atoms with van der Waals surface area (Å²) in [6.07, 6.45) is 1.50. The Morgan fingerprint density at radius 3 is 2.64 bits per heavy atom. The highest BCUT2D eigenvalue weighted by molar-refractivity contribution is 7.89. The lowest BCUT2D eigenvalue weighted by Crippen LogP contribution is -2.40. The Labute approximate surface area is 163 Å². The highest BCUT2D eigenvalue weighted by atomic mass is 32.2. The third kappa shape index (κ3) is 4.08. The Hall–Kier alpha value is -2.69. The number of hydrazone groups is 1. The quantitative estimate of drug-likeness (QED) is 0.572. The van der Waals surface area contributed by atoms with E-state index in [1.165, 1.54) is 10.5 Å². The number of nitrogens with two attached hydrogens (primary N) is 1. The number of aromatic nitrogens is 1. The molecule has 2 aromatic rings. The first kappa shape index (κ1) is 20.1. The van der Waals surface area contributed by atoms with Crippen molar-refractivity contribution in [1.82, 2.24) is 14.3 Å². The van der Waals surface area contributed by atoms with Crippen LogP contribution < -0.4 is 11.2 Å². The van der Waals surface area contributed by atoms with Crippen LogP contribution in [0.15, 0.2) is 40.3 Å². The second-order valence-corrected chi connectivity index (χ2v) is 8.35. The van der Waals surface area contributed by atoms with Crippen molar-refractivity contribution in [1.29, 1.82) is 0 Å². The van der Waals surface area contributed by atoms with Gasteiger partial charge in [-0.1, -0.05) is 6.07 Å². The number of carbonyl (C=O) groups excluding carboxylic acids is 1. The Bertz CT molecular complexity index is 1010. The lowest BCUT2D eigenvalue weighted by molar-refractivity contribution is 0.0730. The van der Waals surface area contributed by atoms with Crippen molar-refractivity contribution in [3.8, 4) is 5.69 Å². The molecule has 28 heavy (non-hydrogen) atoms. The molecule has 3 rings (SSSR count). The summed E-state index contributed by atoms with van der Waals surface area (Å²) in [5.41, 5.74) is 10.4. The summed E-state index contributed by atoms with van der Waals surface area (Å²) in [6, 6.07) is 7.98. The third-order valence-corrected chi connectivity index (χ3v) is 6.43. The summed E-state index contributed by atoms with van der Waals surface area (Å²) in [4.78, 5) is 11.0. The SMILES string of the molecule is Cc1cc(/C=N/NC(N)=O)c(C)n1-c1cccc(S(=O)(=O)N2CCOCC2)c1. The first-order valence-corrected chi connectivity index (χ1v) is 10.2. The van der Waals surface area contributed by atoms with E-state index in [2.05, 4.69) is 10.5 Å². The average Bonchev–Trinajstić information content (AvgIpc) is 2.96. The second kappa shape index (κ2) is 8.13. The van der Waals surface area contributed by atoms with E-state index in [9.17, 15) is 13.2 Å². The molecule has 1 aromatic carbocycles. The molecule has 2 heterocycles. The van der Waals surface area contributed by atoms with Gasteiger partial charge in [-0.15, -0.1) is 0 Å². The molecule has 0 atom stereocenters. The van der Waals surface area contributed by atoms with Crippen molar-refractivity contribution in [3.63, 3.8) is 0 Å². The molecule has 1 saturated heterocycles. The van der Waals surface area contributed by atoms with Gasteiger partial charge in [0.15, 0.2) is 0 Å². The summed E-state index contributed by atoms with van der Waals surface area (Å²) in [5, 5.41) is 3.79. The summed E-state index contributed by atoms with van der Waals surface area (Å²) in [6.45, 7) is 5.30. The normalized spacial score (nSPS) is 15.8. The van der Waals surface area contributed by atoms with Gasteiger partial charge in [-0.3, -0.25) is 0 Å². The number of ether oxygens (including phenoxy) is 1. The van der Waals surface area contributed by atoms with E-state index < -0.39 is 16.1 Å². The Morgan fingerprint density at radius 2 is 1.96 bits per heavy atom. The van der Waals surface area contributed by atoms with Crippen LogP contribution >= 0.6 is 0 Å². The van der Waals surface area contributed by atoms with Crippen LogP contribution in [0.25, 0.3) is 5.69 Å². The molecule has 1 aliphatic rings. The predicted molar refractivity (Wildman–Crippen MR) is 105 cm³/mol. The summed E-state index contributed by atoms with van der Waals surface area (Å²) in [5.74, 6) is 0. The van der Waals surface area contributed by atoms with Gasteiger partial charge in [0, 0.05) is 35.7 Å². The molecule has 0 spiro atoms. The van der Waals surface area contributed by atoms with Gasteiger partial charge in [0.2, 0.25) is 10.0 Å². The van der Waals surface area contributed by atoms with Crippen molar-refractivity contribution in [3.05, 3.63) is 47.3 Å². The van der Waals surface area contributed by atoms with E-state index >= 15 is 0 Å². The molecule has 1 fully saturated rings. The van der Waals surface area contributed by atoms with Crippen molar-refractivity contribution in [2.24, 2.45) is 10.8 Å². The van der Waals surface area contributed by atoms with Crippen LogP contribution in [-0.2, 0) is 14.8 Å². The summed E-state index contributed by atoms with van der Waals surface area (Å²) < 4.78 is 34.5. The maximum absolute atomic E-state index is 12.9. The van der Waals surface area contributed by atoms with Gasteiger partial charge in [-0.05, 0) is 38.1 Å². The number of hydrogen-bond acceptors (Lipinski definition) is 5. The monoisotopic (exact) mass is 405 g/mol. The molecule has 2 amide bonds. The van der Waals surface area contributed by atoms with Gasteiger partial charge in [-0.25, -0.2) is 18.6 Å². The number of nitrogens with zero attached hydrogens (tertiary/aromatic N) is 3. The van der Waals surface area contributed by atoms with Crippen molar-refractivity contribution in [2.75, 3.05) is 26.3 Å². The number of rotatable bonds is 5. The summed E-state index contributed by atoms with van der Waals surface area (Å²) in [7, 11) is -3.58. The van der Waals surface area contributed by atoms with Crippen LogP contribution in [0.2, 0.25) is 0 Å². The van der Waals surface area contributed by atoms with Crippen LogP contribution in [0.1, 0.15) is 17.0 Å². The van der Waals surface area contributed by atoms with Crippen molar-refractivity contribution in [2.45, 2.75) is 18.7 Å². The molecule has 0 radical (unpaired) electrons. The van der Waals surface area contributed by atoms with Crippen molar-refractivity contribution < 1.29 is 17.9 Å². The van der Waals surface area contributed by atoms with Gasteiger partial charge in [0.25, 0.3) is 0 Å². The zero-order valence-corrected chi connectivity index (χ0v) is 16.6. The number of benzene rings is 1. The number of carbonyl (C=O) groups is 1. The topological polar surface area (TPSA) is 119 Å². The number of sulfonamides is 1. The first-order chi connectivity index (χ1) is 13.3. The van der Waals surface area contributed by atoms with Crippen molar-refractivity contribution >= 4 is 22.3 Å². The molecule has 0 unspecified atom stereocenters. The minimum atomic E-state index is -3.58. The highest BCUT2D eigenvalue weighted by Gasteiger charge is 2.26. The predicted octanol–water partition coefficient (Wildman–Crippen LogP) is 1.12. The smallest absolute Gasteiger partial charge is 0.332 e. The maximum Gasteiger partial charge on any atom is 0.332 e. The molecule has 1 aliphatic heterocycles. The molecule has 150 valence electrons. The molecule has 0 bridgehead atoms. The number of urea groups is 1. The van der Waals surface area contributed by atoms with Gasteiger partial charge >= 0.3 is 6.03 Å². The first-order valence-electron chi connectivity index (χ1n) is 8.76. The zero-order chi connectivity index (χ0) is 20.3. The fourth-order valence-corrected chi connectivity index (χ4v) is 4.65. The number of nitrogens with one attached hydrogen (secondary N) is 1. The number of aryl methyl sites for hydroxylation is 1. The van der Waals surface area contributed by atoms with Crippen LogP contribution in [0.5, 0.6) is 0 Å². The van der Waals surface area contributed by atoms with E-state index in [0.29, 0.717) is 26.3 Å². The Balaban J connectivity index is 1.95. The van der Waals surface area contributed by atoms with Gasteiger partial charge < -0.3 is 15.0 Å². The number of hydrogen-bond donors (Lipinski definition) is 2. The minimum Gasteiger partial charge on any atom is -0.379 e. The highest BCUT2D eigenvalue weighted by Crippen LogP contribution is 2.24. The average molecular weight is 405 g/mol. The molecule has 0 saturated carbocycles. The molecule has 10 heteroatoms. The fourth-order valence-electron chi connectivity index (χ4n) is 3.20. The van der Waals surface area contributed by atoms with Gasteiger partial charge in [-0.2, -0.15) is 9.41 Å². The van der Waals surface area contributed by atoms with E-state index in [4.69, 9.17) is 10.5 Å². The van der Waals surface area contributed by atoms with E-state index in [0.717, 1.165) is 22.6 Å². The maximum atomic E-state index is 12.9. The standard InChI is InChI=1S/C18H23N5O4S/c1-13-10-15(12-20-21-18(19)24)14(2)23(13)16-4-3-5-17(11-16)28(25,26)22-6-8-27-9-7-22/h3-5,10-12H,6-9H2,1-2H3,(H3,19,21,24)/b20-12+. The Morgan fingerprint density at radius 1 is 1.25 bits per heavy atom. The van der Waals surface area contributed by atoms with Crippen LogP contribution in [-0.4, -0.2) is 55.8 Å².